The molecule has 0 amide bonds. The zero-order chi connectivity index (χ0) is 44.1. The number of aliphatic hydroxyl groups excluding tert-OH is 3. The Balaban J connectivity index is 2.51. The number of aliphatic hydroxyl groups is 3. The van der Waals surface area contributed by atoms with Crippen LogP contribution >= 0.6 is 0 Å². The van der Waals surface area contributed by atoms with E-state index in [2.05, 4.69) is 80.7 Å². The van der Waals surface area contributed by atoms with Crippen molar-refractivity contribution in [1.29, 1.82) is 0 Å². The van der Waals surface area contributed by atoms with Crippen LogP contribution in [0.15, 0.2) is 72.9 Å². The van der Waals surface area contributed by atoms with E-state index in [4.69, 9.17) is 18.9 Å². The molecule has 12 nitrogen and oxygen atoms in total. The molecule has 2 unspecified atom stereocenters. The molecule has 1 fully saturated rings. The van der Waals surface area contributed by atoms with Gasteiger partial charge in [0.1, 0.15) is 36.8 Å². The van der Waals surface area contributed by atoms with Crippen molar-refractivity contribution in [2.24, 2.45) is 0 Å². The maximum atomic E-state index is 12.8. The van der Waals surface area contributed by atoms with Gasteiger partial charge in [-0.25, -0.2) is 0 Å². The van der Waals surface area contributed by atoms with Gasteiger partial charge in [-0.05, 0) is 77.0 Å². The van der Waals surface area contributed by atoms with Crippen LogP contribution in [0.4, 0.5) is 0 Å². The molecule has 0 aromatic heterocycles. The minimum atomic E-state index is -4.62. The molecule has 0 aromatic rings. The van der Waals surface area contributed by atoms with Crippen LogP contribution < -0.4 is 0 Å². The van der Waals surface area contributed by atoms with Gasteiger partial charge in [-0.15, -0.1) is 0 Å². The summed E-state index contributed by atoms with van der Waals surface area (Å²) >= 11 is 0. The zero-order valence-corrected chi connectivity index (χ0v) is 37.3. The van der Waals surface area contributed by atoms with Gasteiger partial charge >= 0.3 is 11.9 Å². The Labute approximate surface area is 361 Å². The van der Waals surface area contributed by atoms with Gasteiger partial charge in [-0.1, -0.05) is 138 Å². The summed E-state index contributed by atoms with van der Waals surface area (Å²) in [7, 11) is -4.62. The Bertz CT molecular complexity index is 1390. The molecule has 0 bridgehead atoms. The highest BCUT2D eigenvalue weighted by atomic mass is 32.2. The Hall–Kier alpha value is -2.91. The third-order valence-corrected chi connectivity index (χ3v) is 10.5. The molecule has 0 spiro atoms. The standard InChI is InChI=1S/C47H78O12S/c1-3-5-7-9-11-13-15-17-19-20-22-23-25-27-29-31-33-35-42(48)56-37-40(38-57-47-46(52)45(51)44(50)41(59-47)39-60(53,54)55)58-43(49)36-34-32-30-28-26-24-21-18-16-14-12-10-8-6-4-2/h6,8,12,14,18,21-23,26-29,40-41,44-47,50-52H,3-5,7,9-11,13,15-17,19-20,24-25,30-39H2,1-2H3,(H,53,54,55)/b8-6+,14-12+,21-18+,23-22+,28-26+,29-27+/t40-,41-,44-,45?,46?,47+/m1/s1. The highest BCUT2D eigenvalue weighted by Gasteiger charge is 2.46. The first-order valence-electron chi connectivity index (χ1n) is 22.5. The fourth-order valence-electron chi connectivity index (χ4n) is 6.29. The fourth-order valence-corrected chi connectivity index (χ4v) is 6.98. The molecular formula is C47H78O12S. The molecule has 0 aromatic carbocycles. The van der Waals surface area contributed by atoms with Gasteiger partial charge in [-0.2, -0.15) is 8.42 Å². The van der Waals surface area contributed by atoms with Crippen LogP contribution in [-0.4, -0.2) is 96.0 Å². The highest BCUT2D eigenvalue weighted by molar-refractivity contribution is 7.85. The summed E-state index contributed by atoms with van der Waals surface area (Å²) in [6.07, 6.45) is 36.8. The number of rotatable bonds is 36. The van der Waals surface area contributed by atoms with Crippen molar-refractivity contribution in [3.05, 3.63) is 72.9 Å². The van der Waals surface area contributed by atoms with E-state index in [9.17, 15) is 37.9 Å². The quantitative estimate of drug-likeness (QED) is 0.0203. The van der Waals surface area contributed by atoms with E-state index in [1.165, 1.54) is 57.8 Å². The van der Waals surface area contributed by atoms with Crippen LogP contribution in [0, 0.1) is 0 Å². The van der Waals surface area contributed by atoms with Crippen molar-refractivity contribution in [2.75, 3.05) is 19.0 Å². The molecule has 0 radical (unpaired) electrons. The Morgan fingerprint density at radius 2 is 1.07 bits per heavy atom. The lowest BCUT2D eigenvalue weighted by Crippen LogP contribution is -2.60. The van der Waals surface area contributed by atoms with Crippen molar-refractivity contribution in [2.45, 2.75) is 192 Å². The molecule has 4 N–H and O–H groups in total. The second kappa shape index (κ2) is 36.7. The topological polar surface area (TPSA) is 186 Å². The maximum absolute atomic E-state index is 12.8. The lowest BCUT2D eigenvalue weighted by atomic mass is 10.00. The molecule has 344 valence electrons. The summed E-state index contributed by atoms with van der Waals surface area (Å²) in [4.78, 5) is 25.4. The van der Waals surface area contributed by atoms with Crippen LogP contribution in [0.3, 0.4) is 0 Å². The van der Waals surface area contributed by atoms with E-state index in [0.29, 0.717) is 19.3 Å². The summed E-state index contributed by atoms with van der Waals surface area (Å²) in [5, 5.41) is 30.9. The monoisotopic (exact) mass is 867 g/mol. The summed E-state index contributed by atoms with van der Waals surface area (Å²) in [6.45, 7) is 3.56. The summed E-state index contributed by atoms with van der Waals surface area (Å²) in [6, 6.07) is 0. The highest BCUT2D eigenvalue weighted by Crippen LogP contribution is 2.24. The first-order valence-corrected chi connectivity index (χ1v) is 24.1. The van der Waals surface area contributed by atoms with Gasteiger partial charge in [0.2, 0.25) is 0 Å². The normalized spacial score (nSPS) is 20.8. The van der Waals surface area contributed by atoms with Gasteiger partial charge < -0.3 is 34.3 Å². The largest absolute Gasteiger partial charge is 0.462 e. The molecule has 1 aliphatic heterocycles. The summed E-state index contributed by atoms with van der Waals surface area (Å²) < 4.78 is 53.9. The van der Waals surface area contributed by atoms with Gasteiger partial charge in [0, 0.05) is 12.8 Å². The molecule has 1 aliphatic rings. The minimum Gasteiger partial charge on any atom is -0.462 e. The zero-order valence-electron chi connectivity index (χ0n) is 36.5. The van der Waals surface area contributed by atoms with E-state index in [-0.39, 0.29) is 19.4 Å². The van der Waals surface area contributed by atoms with Gasteiger partial charge in [0.05, 0.1) is 6.61 Å². The van der Waals surface area contributed by atoms with Gasteiger partial charge in [0.15, 0.2) is 12.4 Å². The van der Waals surface area contributed by atoms with Gasteiger partial charge in [0.25, 0.3) is 10.1 Å². The van der Waals surface area contributed by atoms with Crippen LogP contribution in [0.25, 0.3) is 0 Å². The second-order valence-electron chi connectivity index (χ2n) is 15.3. The molecular weight excluding hydrogens is 789 g/mol. The van der Waals surface area contributed by atoms with Crippen LogP contribution in [0.5, 0.6) is 0 Å². The molecule has 6 atom stereocenters. The van der Waals surface area contributed by atoms with Crippen LogP contribution in [0.2, 0.25) is 0 Å². The third kappa shape index (κ3) is 31.0. The molecule has 60 heavy (non-hydrogen) atoms. The Morgan fingerprint density at radius 1 is 0.583 bits per heavy atom. The predicted molar refractivity (Wildman–Crippen MR) is 238 cm³/mol. The first kappa shape index (κ1) is 55.1. The Morgan fingerprint density at radius 3 is 1.62 bits per heavy atom. The van der Waals surface area contributed by atoms with E-state index < -0.39 is 71.2 Å². The molecule has 1 heterocycles. The average molecular weight is 867 g/mol. The second-order valence-corrected chi connectivity index (χ2v) is 16.8. The van der Waals surface area contributed by atoms with E-state index in [1.807, 2.05) is 6.08 Å². The number of hydrogen-bond acceptors (Lipinski definition) is 11. The number of hydrogen-bond donors (Lipinski definition) is 4. The number of esters is 2. The number of carbonyl (C=O) groups is 2. The molecule has 0 saturated carbocycles. The Kier molecular flexibility index (Phi) is 33.7. The summed E-state index contributed by atoms with van der Waals surface area (Å²) in [5.41, 5.74) is 0. The minimum absolute atomic E-state index is 0.0998. The molecule has 1 rings (SSSR count). The van der Waals surface area contributed by atoms with E-state index >= 15 is 0 Å². The number of carbonyl (C=O) groups excluding carboxylic acids is 2. The lowest BCUT2D eigenvalue weighted by Gasteiger charge is -2.40. The van der Waals surface area contributed by atoms with Crippen LogP contribution in [-0.2, 0) is 38.7 Å². The van der Waals surface area contributed by atoms with Crippen LogP contribution in [0.1, 0.15) is 155 Å². The smallest absolute Gasteiger partial charge is 0.306 e. The fraction of sp³-hybridized carbons (Fsp3) is 0.702. The van der Waals surface area contributed by atoms with Crippen molar-refractivity contribution >= 4 is 22.1 Å². The average Bonchev–Trinajstić information content (AvgIpc) is 3.21. The summed E-state index contributed by atoms with van der Waals surface area (Å²) in [5.74, 6) is -2.11. The van der Waals surface area contributed by atoms with Crippen molar-refractivity contribution in [3.63, 3.8) is 0 Å². The maximum Gasteiger partial charge on any atom is 0.306 e. The molecule has 13 heteroatoms. The van der Waals surface area contributed by atoms with Crippen molar-refractivity contribution in [1.82, 2.24) is 0 Å². The first-order chi connectivity index (χ1) is 29.0. The van der Waals surface area contributed by atoms with E-state index in [0.717, 1.165) is 51.4 Å². The van der Waals surface area contributed by atoms with Crippen molar-refractivity contribution in [3.8, 4) is 0 Å². The number of ether oxygens (including phenoxy) is 4. The number of allylic oxidation sites excluding steroid dienone is 12. The SMILES string of the molecule is CC/C=C/C/C=C/C/C=C/C/C=C/CCCCC(=O)O[C@H](COC(=O)CCC/C=C/C/C=C/CCCCCCCCCCC)CO[C@H]1O[C@H](CS(=O)(=O)O)[C@@H](O)C(O)C1O. The molecule has 0 aliphatic carbocycles. The lowest BCUT2D eigenvalue weighted by molar-refractivity contribution is -0.297. The number of unbranched alkanes of at least 4 members (excludes halogenated alkanes) is 12. The third-order valence-electron chi connectivity index (χ3n) is 9.77. The van der Waals surface area contributed by atoms with Crippen molar-refractivity contribution < 1.29 is 56.8 Å². The molecule has 1 saturated heterocycles. The van der Waals surface area contributed by atoms with Gasteiger partial charge in [-0.3, -0.25) is 14.1 Å². The van der Waals surface area contributed by atoms with E-state index in [1.54, 1.807) is 0 Å². The predicted octanol–water partition coefficient (Wildman–Crippen LogP) is 9.11.